The first-order valence-electron chi connectivity index (χ1n) is 6.87. The molecule has 108 valence electrons. The van der Waals surface area contributed by atoms with E-state index in [9.17, 15) is 4.79 Å². The Morgan fingerprint density at radius 1 is 1.45 bits per heavy atom. The minimum atomic E-state index is -0.177. The number of aromatic nitrogens is 2. The Kier molecular flexibility index (Phi) is 3.96. The highest BCUT2D eigenvalue weighted by Gasteiger charge is 2.22. The number of ether oxygens (including phenoxy) is 1. The molecule has 1 fully saturated rings. The topological polar surface area (TPSA) is 69.9 Å². The molecule has 6 heteroatoms. The van der Waals surface area contributed by atoms with E-state index in [1.165, 1.54) is 0 Å². The summed E-state index contributed by atoms with van der Waals surface area (Å²) in [5, 5.41) is 3.35. The van der Waals surface area contributed by atoms with Gasteiger partial charge in [-0.25, -0.2) is 4.79 Å². The summed E-state index contributed by atoms with van der Waals surface area (Å²) >= 11 is 3.60. The van der Waals surface area contributed by atoms with Crippen LogP contribution in [-0.4, -0.2) is 29.7 Å². The van der Waals surface area contributed by atoms with Crippen molar-refractivity contribution >= 4 is 27.0 Å². The van der Waals surface area contributed by atoms with E-state index in [4.69, 9.17) is 4.74 Å². The smallest absolute Gasteiger partial charge is 0.323 e. The molecule has 2 unspecified atom stereocenters. The quantitative estimate of drug-likeness (QED) is 0.801. The van der Waals surface area contributed by atoms with Crippen LogP contribution >= 0.6 is 15.9 Å². The third kappa shape index (κ3) is 2.68. The fourth-order valence-electron chi connectivity index (χ4n) is 2.83. The predicted molar refractivity (Wildman–Crippen MR) is 82.0 cm³/mol. The SMILES string of the molecule is CNC(CC1CCCO1)c1cc2[nH]c(=O)[nH]c2cc1Br. The lowest BCUT2D eigenvalue weighted by molar-refractivity contribution is 0.0953. The zero-order valence-electron chi connectivity index (χ0n) is 11.3. The fraction of sp³-hybridized carbons (Fsp3) is 0.500. The number of fused-ring (bicyclic) bond motifs is 1. The lowest BCUT2D eigenvalue weighted by Crippen LogP contribution is -2.22. The molecule has 2 atom stereocenters. The lowest BCUT2D eigenvalue weighted by atomic mass is 9.99. The van der Waals surface area contributed by atoms with Crippen molar-refractivity contribution < 1.29 is 4.74 Å². The second kappa shape index (κ2) is 5.71. The molecule has 0 aliphatic carbocycles. The molecule has 0 radical (unpaired) electrons. The summed E-state index contributed by atoms with van der Waals surface area (Å²) in [7, 11) is 1.95. The van der Waals surface area contributed by atoms with Crippen molar-refractivity contribution in [3.8, 4) is 0 Å². The maximum absolute atomic E-state index is 11.4. The van der Waals surface area contributed by atoms with Crippen molar-refractivity contribution in [2.45, 2.75) is 31.4 Å². The third-order valence-corrected chi connectivity index (χ3v) is 4.57. The molecule has 1 aliphatic rings. The summed E-state index contributed by atoms with van der Waals surface area (Å²) in [6, 6.07) is 4.17. The number of aromatic amines is 2. The molecule has 1 aliphatic heterocycles. The average molecular weight is 340 g/mol. The van der Waals surface area contributed by atoms with Crippen molar-refractivity contribution in [1.82, 2.24) is 15.3 Å². The van der Waals surface area contributed by atoms with Crippen LogP contribution in [0.25, 0.3) is 11.0 Å². The molecule has 2 heterocycles. The number of benzene rings is 1. The number of H-pyrrole nitrogens is 2. The Hall–Kier alpha value is -1.11. The van der Waals surface area contributed by atoms with Crippen LogP contribution in [-0.2, 0) is 4.74 Å². The van der Waals surface area contributed by atoms with Crippen molar-refractivity contribution in [3.05, 3.63) is 32.7 Å². The second-order valence-corrected chi connectivity index (χ2v) is 6.06. The molecule has 5 nitrogen and oxygen atoms in total. The maximum atomic E-state index is 11.4. The van der Waals surface area contributed by atoms with Gasteiger partial charge in [-0.05, 0) is 44.0 Å². The van der Waals surface area contributed by atoms with Gasteiger partial charge in [-0.1, -0.05) is 15.9 Å². The number of hydrogen-bond donors (Lipinski definition) is 3. The van der Waals surface area contributed by atoms with Gasteiger partial charge in [0.15, 0.2) is 0 Å². The predicted octanol–water partition coefficient (Wildman–Crippen LogP) is 2.45. The molecular weight excluding hydrogens is 322 g/mol. The molecule has 0 amide bonds. The Morgan fingerprint density at radius 2 is 2.20 bits per heavy atom. The van der Waals surface area contributed by atoms with E-state index >= 15 is 0 Å². The molecule has 0 bridgehead atoms. The van der Waals surface area contributed by atoms with E-state index in [1.807, 2.05) is 19.2 Å². The van der Waals surface area contributed by atoms with Crippen molar-refractivity contribution in [3.63, 3.8) is 0 Å². The highest BCUT2D eigenvalue weighted by atomic mass is 79.9. The van der Waals surface area contributed by atoms with Crippen molar-refractivity contribution in [1.29, 1.82) is 0 Å². The van der Waals surface area contributed by atoms with Gasteiger partial charge in [-0.2, -0.15) is 0 Å². The van der Waals surface area contributed by atoms with Crippen molar-refractivity contribution in [2.24, 2.45) is 0 Å². The van der Waals surface area contributed by atoms with Crippen LogP contribution in [0.2, 0.25) is 0 Å². The normalized spacial score (nSPS) is 20.6. The largest absolute Gasteiger partial charge is 0.378 e. The Bertz CT molecular complexity index is 658. The number of nitrogens with one attached hydrogen (secondary N) is 3. The van der Waals surface area contributed by atoms with Gasteiger partial charge in [0.1, 0.15) is 0 Å². The fourth-order valence-corrected chi connectivity index (χ4v) is 3.45. The summed E-state index contributed by atoms with van der Waals surface area (Å²) in [4.78, 5) is 16.9. The first-order chi connectivity index (χ1) is 9.67. The highest BCUT2D eigenvalue weighted by molar-refractivity contribution is 9.10. The van der Waals surface area contributed by atoms with Crippen LogP contribution in [0, 0.1) is 0 Å². The molecule has 2 aromatic rings. The lowest BCUT2D eigenvalue weighted by Gasteiger charge is -2.21. The highest BCUT2D eigenvalue weighted by Crippen LogP contribution is 2.31. The van der Waals surface area contributed by atoms with Gasteiger partial charge in [0.25, 0.3) is 0 Å². The summed E-state index contributed by atoms with van der Waals surface area (Å²) in [5.41, 5.74) is 2.62. The van der Waals surface area contributed by atoms with Crippen LogP contribution in [0.1, 0.15) is 30.9 Å². The van der Waals surface area contributed by atoms with Gasteiger partial charge < -0.3 is 20.0 Å². The number of hydrogen-bond acceptors (Lipinski definition) is 3. The van der Waals surface area contributed by atoms with Crippen LogP contribution in [0.5, 0.6) is 0 Å². The van der Waals surface area contributed by atoms with E-state index < -0.39 is 0 Å². The molecule has 3 N–H and O–H groups in total. The Labute approximate surface area is 125 Å². The second-order valence-electron chi connectivity index (χ2n) is 5.21. The first-order valence-corrected chi connectivity index (χ1v) is 7.67. The zero-order valence-corrected chi connectivity index (χ0v) is 12.9. The summed E-state index contributed by atoms with van der Waals surface area (Å²) in [6.07, 6.45) is 3.53. The summed E-state index contributed by atoms with van der Waals surface area (Å²) in [5.74, 6) is 0. The van der Waals surface area contributed by atoms with Gasteiger partial charge in [0.2, 0.25) is 0 Å². The van der Waals surface area contributed by atoms with Gasteiger partial charge >= 0.3 is 5.69 Å². The maximum Gasteiger partial charge on any atom is 0.323 e. The van der Waals surface area contributed by atoms with E-state index in [1.54, 1.807) is 0 Å². The van der Waals surface area contributed by atoms with Gasteiger partial charge in [-0.3, -0.25) is 0 Å². The molecular formula is C14H18BrN3O2. The van der Waals surface area contributed by atoms with Crippen molar-refractivity contribution in [2.75, 3.05) is 13.7 Å². The standard InChI is InChI=1S/C14H18BrN3O2/c1-16-11(5-8-3-2-4-20-8)9-6-12-13(7-10(9)15)18-14(19)17-12/h6-8,11,16H,2-5H2,1H3,(H2,17,18,19). The molecule has 1 aromatic heterocycles. The van der Waals surface area contributed by atoms with Gasteiger partial charge in [0, 0.05) is 17.1 Å². The van der Waals surface area contributed by atoms with Gasteiger partial charge in [-0.15, -0.1) is 0 Å². The molecule has 20 heavy (non-hydrogen) atoms. The molecule has 0 saturated carbocycles. The van der Waals surface area contributed by atoms with Crippen LogP contribution in [0.15, 0.2) is 21.4 Å². The number of imidazole rings is 1. The van der Waals surface area contributed by atoms with E-state index in [2.05, 4.69) is 31.2 Å². The molecule has 1 saturated heterocycles. The zero-order chi connectivity index (χ0) is 14.1. The Morgan fingerprint density at radius 3 is 2.85 bits per heavy atom. The van der Waals surface area contributed by atoms with Crippen LogP contribution in [0.4, 0.5) is 0 Å². The average Bonchev–Trinajstić information content (AvgIpc) is 3.03. The van der Waals surface area contributed by atoms with E-state index in [0.29, 0.717) is 6.10 Å². The van der Waals surface area contributed by atoms with Gasteiger partial charge in [0.05, 0.1) is 17.1 Å². The first kappa shape index (κ1) is 13.9. The van der Waals surface area contributed by atoms with E-state index in [-0.39, 0.29) is 11.7 Å². The molecule has 1 aromatic carbocycles. The minimum Gasteiger partial charge on any atom is -0.378 e. The summed E-state index contributed by atoms with van der Waals surface area (Å²) < 4.78 is 6.72. The summed E-state index contributed by atoms with van der Waals surface area (Å²) in [6.45, 7) is 0.867. The van der Waals surface area contributed by atoms with Crippen LogP contribution < -0.4 is 11.0 Å². The van der Waals surface area contributed by atoms with E-state index in [0.717, 1.165) is 46.9 Å². The Balaban J connectivity index is 1.92. The number of halogens is 1. The monoisotopic (exact) mass is 339 g/mol. The van der Waals surface area contributed by atoms with Crippen LogP contribution in [0.3, 0.4) is 0 Å². The number of rotatable bonds is 4. The third-order valence-electron chi connectivity index (χ3n) is 3.88. The molecule has 3 rings (SSSR count). The molecule has 0 spiro atoms. The minimum absolute atomic E-state index is 0.177.